The van der Waals surface area contributed by atoms with Crippen LogP contribution in [0.25, 0.3) is 11.4 Å². The van der Waals surface area contributed by atoms with Crippen LogP contribution in [0.2, 0.25) is 0 Å². The van der Waals surface area contributed by atoms with Crippen molar-refractivity contribution in [2.24, 2.45) is 0 Å². The number of amides is 1. The third kappa shape index (κ3) is 3.92. The number of aromatic nitrogens is 2. The monoisotopic (exact) mass is 365 g/mol. The van der Waals surface area contributed by atoms with Crippen LogP contribution in [0.5, 0.6) is 11.5 Å². The fourth-order valence-electron chi connectivity index (χ4n) is 2.90. The van der Waals surface area contributed by atoms with Crippen molar-refractivity contribution < 1.29 is 18.8 Å². The van der Waals surface area contributed by atoms with Crippen LogP contribution < -0.4 is 14.8 Å². The van der Waals surface area contributed by atoms with Crippen LogP contribution in [-0.4, -0.2) is 29.4 Å². The van der Waals surface area contributed by atoms with Crippen molar-refractivity contribution in [2.45, 2.75) is 19.8 Å². The van der Waals surface area contributed by atoms with E-state index in [0.29, 0.717) is 24.7 Å². The molecule has 0 saturated carbocycles. The van der Waals surface area contributed by atoms with Crippen molar-refractivity contribution >= 4 is 5.91 Å². The average molecular weight is 365 g/mol. The van der Waals surface area contributed by atoms with Gasteiger partial charge in [-0.05, 0) is 36.6 Å². The molecule has 27 heavy (non-hydrogen) atoms. The molecule has 0 saturated heterocycles. The molecule has 4 rings (SSSR count). The molecule has 0 bridgehead atoms. The van der Waals surface area contributed by atoms with E-state index in [-0.39, 0.29) is 19.1 Å². The summed E-state index contributed by atoms with van der Waals surface area (Å²) in [7, 11) is 0. The summed E-state index contributed by atoms with van der Waals surface area (Å²) in [5, 5.41) is 6.84. The van der Waals surface area contributed by atoms with E-state index < -0.39 is 0 Å². The zero-order valence-corrected chi connectivity index (χ0v) is 14.9. The van der Waals surface area contributed by atoms with Crippen molar-refractivity contribution in [1.29, 1.82) is 0 Å². The summed E-state index contributed by atoms with van der Waals surface area (Å²) < 4.78 is 15.9. The quantitative estimate of drug-likeness (QED) is 0.723. The summed E-state index contributed by atoms with van der Waals surface area (Å²) in [5.74, 6) is 2.14. The average Bonchev–Trinajstić information content (AvgIpc) is 3.31. The van der Waals surface area contributed by atoms with Gasteiger partial charge in [-0.2, -0.15) is 4.98 Å². The minimum Gasteiger partial charge on any atom is -0.454 e. The highest BCUT2D eigenvalue weighted by Gasteiger charge is 2.15. The molecule has 2 aromatic carbocycles. The van der Waals surface area contributed by atoms with Crippen molar-refractivity contribution in [2.75, 3.05) is 13.3 Å². The lowest BCUT2D eigenvalue weighted by atomic mass is 10.1. The molecule has 1 aliphatic rings. The second kappa shape index (κ2) is 7.49. The normalized spacial score (nSPS) is 12.2. The first kappa shape index (κ1) is 17.1. The van der Waals surface area contributed by atoms with Crippen LogP contribution in [0, 0.1) is 6.92 Å². The summed E-state index contributed by atoms with van der Waals surface area (Å²) in [6.45, 7) is 2.75. The number of nitrogens with one attached hydrogen (secondary N) is 1. The Bertz CT molecular complexity index is 967. The Labute approximate surface area is 156 Å². The van der Waals surface area contributed by atoms with Crippen LogP contribution in [0.1, 0.15) is 17.0 Å². The number of nitrogens with zero attached hydrogens (tertiary/aromatic N) is 2. The van der Waals surface area contributed by atoms with Crippen molar-refractivity contribution in [3.63, 3.8) is 0 Å². The van der Waals surface area contributed by atoms with E-state index in [4.69, 9.17) is 14.0 Å². The Hall–Kier alpha value is -3.35. The van der Waals surface area contributed by atoms with E-state index in [1.165, 1.54) is 0 Å². The zero-order valence-electron chi connectivity index (χ0n) is 14.9. The molecule has 1 aliphatic heterocycles. The largest absolute Gasteiger partial charge is 0.454 e. The molecule has 7 nitrogen and oxygen atoms in total. The van der Waals surface area contributed by atoms with Gasteiger partial charge in [-0.15, -0.1) is 0 Å². The van der Waals surface area contributed by atoms with Gasteiger partial charge in [0, 0.05) is 12.1 Å². The fraction of sp³-hybridized carbons (Fsp3) is 0.250. The Kier molecular flexibility index (Phi) is 4.74. The molecule has 0 fully saturated rings. The van der Waals surface area contributed by atoms with E-state index in [2.05, 4.69) is 15.5 Å². The molecule has 0 aliphatic carbocycles. The van der Waals surface area contributed by atoms with Gasteiger partial charge in [0.15, 0.2) is 11.5 Å². The maximum Gasteiger partial charge on any atom is 0.236 e. The van der Waals surface area contributed by atoms with Crippen molar-refractivity contribution in [1.82, 2.24) is 15.5 Å². The number of hydrogen-bond donors (Lipinski definition) is 1. The van der Waals surface area contributed by atoms with E-state index in [0.717, 1.165) is 28.2 Å². The van der Waals surface area contributed by atoms with Gasteiger partial charge in [0.25, 0.3) is 0 Å². The molecule has 0 unspecified atom stereocenters. The predicted molar refractivity (Wildman–Crippen MR) is 97.5 cm³/mol. The lowest BCUT2D eigenvalue weighted by Crippen LogP contribution is -2.27. The number of carbonyl (C=O) groups excluding carboxylic acids is 1. The molecule has 2 heterocycles. The first-order valence-corrected chi connectivity index (χ1v) is 8.73. The highest BCUT2D eigenvalue weighted by atomic mass is 16.7. The Balaban J connectivity index is 1.29. The molecular weight excluding hydrogens is 346 g/mol. The summed E-state index contributed by atoms with van der Waals surface area (Å²) in [6.07, 6.45) is 0.751. The Morgan fingerprint density at radius 2 is 2.00 bits per heavy atom. The maximum absolute atomic E-state index is 12.1. The van der Waals surface area contributed by atoms with Gasteiger partial charge in [-0.3, -0.25) is 4.79 Å². The highest BCUT2D eigenvalue weighted by molar-refractivity contribution is 5.77. The first-order chi connectivity index (χ1) is 13.2. The first-order valence-electron chi connectivity index (χ1n) is 8.73. The number of carbonyl (C=O) groups is 1. The van der Waals surface area contributed by atoms with Gasteiger partial charge in [0.05, 0.1) is 0 Å². The van der Waals surface area contributed by atoms with Gasteiger partial charge in [-0.25, -0.2) is 0 Å². The number of ether oxygens (including phenoxy) is 2. The minimum atomic E-state index is -0.157. The zero-order chi connectivity index (χ0) is 18.6. The van der Waals surface area contributed by atoms with Crippen LogP contribution in [-0.2, 0) is 17.6 Å². The third-order valence-corrected chi connectivity index (χ3v) is 4.34. The van der Waals surface area contributed by atoms with Crippen LogP contribution >= 0.6 is 0 Å². The summed E-state index contributed by atoms with van der Waals surface area (Å²) in [4.78, 5) is 16.4. The maximum atomic E-state index is 12.1. The van der Waals surface area contributed by atoms with Gasteiger partial charge in [0.2, 0.25) is 24.4 Å². The smallest absolute Gasteiger partial charge is 0.236 e. The molecule has 0 atom stereocenters. The van der Waals surface area contributed by atoms with Gasteiger partial charge >= 0.3 is 0 Å². The molecule has 0 radical (unpaired) electrons. The topological polar surface area (TPSA) is 86.5 Å². The lowest BCUT2D eigenvalue weighted by molar-refractivity contribution is -0.120. The number of benzene rings is 2. The molecular formula is C20H19N3O4. The second-order valence-electron chi connectivity index (χ2n) is 6.29. The van der Waals surface area contributed by atoms with E-state index >= 15 is 0 Å². The van der Waals surface area contributed by atoms with Gasteiger partial charge in [0.1, 0.15) is 6.42 Å². The number of hydrogen-bond acceptors (Lipinski definition) is 6. The standard InChI is InChI=1S/C20H19N3O4/c1-13-4-2-3-5-15(13)20-22-19(27-23-20)11-18(24)21-9-8-14-6-7-16-17(10-14)26-12-25-16/h2-7,10H,8-9,11-12H2,1H3,(H,21,24). The van der Waals surface area contributed by atoms with E-state index in [1.807, 2.05) is 49.4 Å². The number of fused-ring (bicyclic) bond motifs is 1. The van der Waals surface area contributed by atoms with E-state index in [9.17, 15) is 4.79 Å². The summed E-state index contributed by atoms with van der Waals surface area (Å²) in [5.41, 5.74) is 3.02. The van der Waals surface area contributed by atoms with Crippen molar-refractivity contribution in [3.8, 4) is 22.9 Å². The SMILES string of the molecule is Cc1ccccc1-c1noc(CC(=O)NCCc2ccc3c(c2)OCO3)n1. The molecule has 0 spiro atoms. The van der Waals surface area contributed by atoms with E-state index in [1.54, 1.807) is 0 Å². The number of rotatable bonds is 6. The van der Waals surface area contributed by atoms with Crippen LogP contribution in [0.3, 0.4) is 0 Å². The second-order valence-corrected chi connectivity index (χ2v) is 6.29. The van der Waals surface area contributed by atoms with Gasteiger partial charge in [-0.1, -0.05) is 35.5 Å². The summed E-state index contributed by atoms with van der Waals surface area (Å²) >= 11 is 0. The molecule has 3 aromatic rings. The number of aryl methyl sites for hydroxylation is 1. The molecule has 1 aromatic heterocycles. The molecule has 7 heteroatoms. The molecule has 138 valence electrons. The molecule has 1 amide bonds. The molecule has 1 N–H and O–H groups in total. The van der Waals surface area contributed by atoms with Crippen LogP contribution in [0.15, 0.2) is 47.0 Å². The highest BCUT2D eigenvalue weighted by Crippen LogP contribution is 2.32. The Morgan fingerprint density at radius 3 is 2.89 bits per heavy atom. The van der Waals surface area contributed by atoms with Gasteiger partial charge < -0.3 is 19.3 Å². The minimum absolute atomic E-state index is 0.0556. The third-order valence-electron chi connectivity index (χ3n) is 4.34. The summed E-state index contributed by atoms with van der Waals surface area (Å²) in [6, 6.07) is 13.6. The van der Waals surface area contributed by atoms with Crippen molar-refractivity contribution in [3.05, 3.63) is 59.5 Å². The fourth-order valence-corrected chi connectivity index (χ4v) is 2.90. The Morgan fingerprint density at radius 1 is 1.15 bits per heavy atom. The lowest BCUT2D eigenvalue weighted by Gasteiger charge is -2.05. The predicted octanol–water partition coefficient (Wildman–Crippen LogP) is 2.68. The van der Waals surface area contributed by atoms with Crippen LogP contribution in [0.4, 0.5) is 0 Å².